The predicted octanol–water partition coefficient (Wildman–Crippen LogP) is 1.70. The van der Waals surface area contributed by atoms with Crippen LogP contribution in [0.1, 0.15) is 12.5 Å². The van der Waals surface area contributed by atoms with Crippen molar-refractivity contribution >= 4 is 34.8 Å². The van der Waals surface area contributed by atoms with E-state index in [1.807, 2.05) is 6.92 Å². The summed E-state index contributed by atoms with van der Waals surface area (Å²) in [4.78, 5) is 0. The molecule has 0 radical (unpaired) electrons. The molecule has 0 saturated heterocycles. The van der Waals surface area contributed by atoms with Crippen LogP contribution in [0.25, 0.3) is 0 Å². The lowest BCUT2D eigenvalue weighted by atomic mass is 10.2. The molecule has 0 spiro atoms. The maximum absolute atomic E-state index is 3.52. The first kappa shape index (κ1) is 9.12. The molecule has 0 nitrogen and oxygen atoms in total. The Morgan fingerprint density at radius 1 is 1.27 bits per heavy atom. The van der Waals surface area contributed by atoms with Crippen LogP contribution in [-0.2, 0) is 0 Å². The molecule has 0 amide bonds. The molecule has 1 aromatic rings. The Balaban J connectivity index is 2.88. The van der Waals surface area contributed by atoms with Crippen molar-refractivity contribution in [3.63, 3.8) is 0 Å². The minimum absolute atomic E-state index is 0.174. The van der Waals surface area contributed by atoms with E-state index >= 15 is 0 Å². The molecule has 0 fully saturated rings. The smallest absolute Gasteiger partial charge is 0.296 e. The summed E-state index contributed by atoms with van der Waals surface area (Å²) in [6.45, 7) is 1.85. The molecule has 0 unspecified atom stereocenters. The summed E-state index contributed by atoms with van der Waals surface area (Å²) in [6.07, 6.45) is 0. The summed E-state index contributed by atoms with van der Waals surface area (Å²) in [5.41, 5.74) is 1.10. The zero-order valence-corrected chi connectivity index (χ0v) is 9.39. The van der Waals surface area contributed by atoms with Crippen molar-refractivity contribution in [3.05, 3.63) is 29.8 Å². The molecule has 0 heterocycles. The van der Waals surface area contributed by atoms with E-state index in [9.17, 15) is 0 Å². The van der Waals surface area contributed by atoms with Crippen molar-refractivity contribution in [1.29, 1.82) is 0 Å². The lowest BCUT2D eigenvalue weighted by Crippen LogP contribution is -2.06. The second-order valence-corrected chi connectivity index (χ2v) is 4.97. The number of halogens is 1. The normalized spacial score (nSPS) is 7.82. The quantitative estimate of drug-likeness (QED) is 0.498. The highest BCUT2D eigenvalue weighted by atomic mass is 79.9. The fraction of sp³-hybridized carbons (Fsp3) is 0.111. The van der Waals surface area contributed by atoms with Crippen LogP contribution in [0.4, 0.5) is 0 Å². The number of benzene rings is 1. The highest BCUT2D eigenvalue weighted by Crippen LogP contribution is 1.94. The molecule has 0 aliphatic rings. The summed E-state index contributed by atoms with van der Waals surface area (Å²) in [5, 5.41) is 0. The second kappa shape index (κ2) is 4.81. The summed E-state index contributed by atoms with van der Waals surface area (Å²) in [5.74, 6) is 5.88. The van der Waals surface area contributed by atoms with Crippen LogP contribution in [0, 0.1) is 11.8 Å². The van der Waals surface area contributed by atoms with E-state index in [-0.39, 0.29) is 18.2 Å². The van der Waals surface area contributed by atoms with Gasteiger partial charge in [0.15, 0.2) is 0 Å². The van der Waals surface area contributed by atoms with Gasteiger partial charge in [0.2, 0.25) is 0 Å². The summed E-state index contributed by atoms with van der Waals surface area (Å²) < 4.78 is 1.42. The molecule has 11 heavy (non-hydrogen) atoms. The van der Waals surface area contributed by atoms with Gasteiger partial charge in [0.05, 0.1) is 0 Å². The van der Waals surface area contributed by atoms with E-state index in [1.54, 1.807) is 0 Å². The van der Waals surface area contributed by atoms with E-state index in [0.717, 1.165) is 5.56 Å². The number of hydrogen-bond acceptors (Lipinski definition) is 0. The third kappa shape index (κ3) is 2.86. The summed E-state index contributed by atoms with van der Waals surface area (Å²) in [6, 6.07) is 8.42. The number of rotatable bonds is 1. The van der Waals surface area contributed by atoms with Gasteiger partial charge in [-0.15, -0.1) is 5.92 Å². The van der Waals surface area contributed by atoms with Crippen molar-refractivity contribution in [2.75, 3.05) is 0 Å². The largest absolute Gasteiger partial charge is 0.506 e. The van der Waals surface area contributed by atoms with Gasteiger partial charge in [0.25, 0.3) is 0 Å². The fourth-order valence-electron chi connectivity index (χ4n) is 0.822. The Morgan fingerprint density at radius 2 is 1.91 bits per heavy atom. The van der Waals surface area contributed by atoms with E-state index in [4.69, 9.17) is 0 Å². The third-order valence-electron chi connectivity index (χ3n) is 1.38. The van der Waals surface area contributed by atoms with Crippen LogP contribution in [0.15, 0.2) is 24.3 Å². The Labute approximate surface area is 83.0 Å². The molecule has 0 aliphatic heterocycles. The average molecular weight is 219 g/mol. The summed E-state index contributed by atoms with van der Waals surface area (Å²) >= 11 is 3.35. The van der Waals surface area contributed by atoms with Gasteiger partial charge in [-0.2, -0.15) is 3.69 Å². The van der Waals surface area contributed by atoms with Gasteiger partial charge in [-0.05, 0) is 19.1 Å². The van der Waals surface area contributed by atoms with Crippen molar-refractivity contribution in [2.45, 2.75) is 6.92 Å². The van der Waals surface area contributed by atoms with Gasteiger partial charge in [-0.3, -0.25) is 12.9 Å². The Morgan fingerprint density at radius 3 is 2.36 bits per heavy atom. The predicted molar refractivity (Wildman–Crippen MR) is 53.3 cm³/mol. The van der Waals surface area contributed by atoms with Crippen molar-refractivity contribution in [2.24, 2.45) is 0 Å². The standard InChI is InChI=1S/C9H7.BrH.Mg/c1-2-6-9-7-4-3-5-8-9;;/h4-5,7-8H,1H3;1H;/q;;+1/p-1. The van der Waals surface area contributed by atoms with E-state index in [0.29, 0.717) is 0 Å². The molecule has 52 valence electrons. The molecule has 0 aromatic heterocycles. The first-order valence-corrected chi connectivity index (χ1v) is 8.05. The maximum atomic E-state index is 3.52. The minimum atomic E-state index is -0.174. The molecule has 1 rings (SSSR count). The highest BCUT2D eigenvalue weighted by molar-refractivity contribution is 9.23. The monoisotopic (exact) mass is 218 g/mol. The Hall–Kier alpha value is 0.0262. The molecule has 2 heteroatoms. The first-order chi connectivity index (χ1) is 5.36. The van der Waals surface area contributed by atoms with E-state index in [2.05, 4.69) is 49.0 Å². The minimum Gasteiger partial charge on any atom is -0.296 e. The zero-order chi connectivity index (χ0) is 8.10. The molecule has 0 saturated carbocycles. The lowest BCUT2D eigenvalue weighted by molar-refractivity contribution is 1.68. The van der Waals surface area contributed by atoms with Gasteiger partial charge in [-0.1, -0.05) is 18.1 Å². The molecule has 0 bridgehead atoms. The Bertz CT molecular complexity index is 279. The topological polar surface area (TPSA) is 0 Å². The highest BCUT2D eigenvalue weighted by Gasteiger charge is 1.92. The van der Waals surface area contributed by atoms with Crippen LogP contribution in [0.3, 0.4) is 0 Å². The van der Waals surface area contributed by atoms with Gasteiger partial charge in [0.1, 0.15) is 0 Å². The first-order valence-electron chi connectivity index (χ1n) is 3.44. The lowest BCUT2D eigenvalue weighted by Gasteiger charge is -1.93. The third-order valence-corrected chi connectivity index (χ3v) is 4.10. The summed E-state index contributed by atoms with van der Waals surface area (Å²) in [7, 11) is 0. The van der Waals surface area contributed by atoms with Crippen molar-refractivity contribution < 1.29 is 0 Å². The molecular weight excluding hydrogens is 212 g/mol. The van der Waals surface area contributed by atoms with E-state index in [1.165, 1.54) is 3.69 Å². The molecule has 0 atom stereocenters. The van der Waals surface area contributed by atoms with Gasteiger partial charge >= 0.3 is 18.2 Å². The SMILES string of the molecule is CC#Cc1cc[c]([Mg][Br])cc1. The van der Waals surface area contributed by atoms with Gasteiger partial charge in [-0.25, -0.2) is 0 Å². The maximum Gasteiger partial charge on any atom is 0.506 e. The molecule has 0 aliphatic carbocycles. The van der Waals surface area contributed by atoms with Crippen LogP contribution in [0.2, 0.25) is 0 Å². The molecule has 0 N–H and O–H groups in total. The molecule has 1 aromatic carbocycles. The van der Waals surface area contributed by atoms with Crippen molar-refractivity contribution in [3.8, 4) is 11.8 Å². The zero-order valence-electron chi connectivity index (χ0n) is 6.39. The van der Waals surface area contributed by atoms with Gasteiger partial charge < -0.3 is 0 Å². The Kier molecular flexibility index (Phi) is 3.99. The average Bonchev–Trinajstić information content (AvgIpc) is 2.07. The molecular formula is C9H7BrMg. The van der Waals surface area contributed by atoms with Crippen LogP contribution < -0.4 is 3.69 Å². The van der Waals surface area contributed by atoms with E-state index < -0.39 is 0 Å². The fourth-order valence-corrected chi connectivity index (χ4v) is 2.36. The van der Waals surface area contributed by atoms with Crippen LogP contribution in [0.5, 0.6) is 0 Å². The number of hydrogen-bond donors (Lipinski definition) is 0. The van der Waals surface area contributed by atoms with Crippen LogP contribution in [-0.4, -0.2) is 18.2 Å². The van der Waals surface area contributed by atoms with Crippen LogP contribution >= 0.6 is 12.9 Å². The van der Waals surface area contributed by atoms with Gasteiger partial charge in [0, 0.05) is 5.56 Å². The van der Waals surface area contributed by atoms with Crippen molar-refractivity contribution in [1.82, 2.24) is 0 Å². The second-order valence-electron chi connectivity index (χ2n) is 2.21.